The first-order valence-corrected chi connectivity index (χ1v) is 8.10. The van der Waals surface area contributed by atoms with Crippen molar-refractivity contribution < 1.29 is 0 Å². The van der Waals surface area contributed by atoms with Crippen molar-refractivity contribution >= 4 is 11.6 Å². The monoisotopic (exact) mass is 332 g/mol. The van der Waals surface area contributed by atoms with Crippen molar-refractivity contribution in [2.45, 2.75) is 6.92 Å². The Hall–Kier alpha value is -2.71. The summed E-state index contributed by atoms with van der Waals surface area (Å²) in [5.41, 5.74) is 5.22. The highest BCUT2D eigenvalue weighted by atomic mass is 35.5. The Morgan fingerprint density at radius 2 is 1.25 bits per heavy atom. The fourth-order valence-electron chi connectivity index (χ4n) is 2.45. The standard InChI is InChI=1S/C21H17ClN2/c1-16-8-4-3-7-15-23-21(22)24-20(16)19-13-11-18(12-14-19)17-9-5-2-6-10-17/h2-15H,1H3. The van der Waals surface area contributed by atoms with Gasteiger partial charge in [-0.1, -0.05) is 72.8 Å². The number of hydrogen-bond acceptors (Lipinski definition) is 2. The van der Waals surface area contributed by atoms with E-state index in [1.807, 2.05) is 49.4 Å². The van der Waals surface area contributed by atoms with Gasteiger partial charge >= 0.3 is 0 Å². The third-order valence-electron chi connectivity index (χ3n) is 3.68. The zero-order valence-electron chi connectivity index (χ0n) is 13.4. The average Bonchev–Trinajstić information content (AvgIpc) is 2.63. The molecule has 0 saturated carbocycles. The van der Waals surface area contributed by atoms with Gasteiger partial charge in [0, 0.05) is 11.8 Å². The Morgan fingerprint density at radius 3 is 2.00 bits per heavy atom. The summed E-state index contributed by atoms with van der Waals surface area (Å²) in [5, 5.41) is 0.219. The zero-order chi connectivity index (χ0) is 16.8. The Morgan fingerprint density at radius 1 is 0.667 bits per heavy atom. The van der Waals surface area contributed by atoms with E-state index in [1.54, 1.807) is 6.20 Å². The second-order valence-corrected chi connectivity index (χ2v) is 5.72. The largest absolute Gasteiger partial charge is 0.227 e. The minimum Gasteiger partial charge on any atom is -0.227 e. The zero-order valence-corrected chi connectivity index (χ0v) is 14.1. The van der Waals surface area contributed by atoms with Crippen LogP contribution in [0.5, 0.6) is 0 Å². The highest BCUT2D eigenvalue weighted by Gasteiger charge is 2.04. The Labute approximate surface area is 147 Å². The molecule has 2 aromatic carbocycles. The van der Waals surface area contributed by atoms with Crippen LogP contribution in [0.1, 0.15) is 5.56 Å². The quantitative estimate of drug-likeness (QED) is 0.584. The lowest BCUT2D eigenvalue weighted by atomic mass is 10.0. The number of hydrogen-bond donors (Lipinski definition) is 0. The summed E-state index contributed by atoms with van der Waals surface area (Å²) < 4.78 is 0. The maximum Gasteiger partial charge on any atom is 0.222 e. The molecule has 0 amide bonds. The van der Waals surface area contributed by atoms with Gasteiger partial charge in [0.25, 0.3) is 0 Å². The van der Waals surface area contributed by atoms with Crippen molar-refractivity contribution in [2.24, 2.45) is 0 Å². The Kier molecular flexibility index (Phi) is 5.19. The molecule has 0 aliphatic rings. The Balaban J connectivity index is 2.08. The summed E-state index contributed by atoms with van der Waals surface area (Å²) >= 11 is 6.12. The summed E-state index contributed by atoms with van der Waals surface area (Å²) in [6.07, 6.45) is 1.63. The van der Waals surface area contributed by atoms with E-state index >= 15 is 0 Å². The number of benzene rings is 2. The summed E-state index contributed by atoms with van der Waals surface area (Å²) in [6.45, 7) is 2.02. The summed E-state index contributed by atoms with van der Waals surface area (Å²) in [4.78, 5) is 8.57. The molecular formula is C21H17ClN2. The van der Waals surface area contributed by atoms with Gasteiger partial charge in [0.1, 0.15) is 0 Å². The van der Waals surface area contributed by atoms with Crippen molar-refractivity contribution in [1.82, 2.24) is 9.97 Å². The van der Waals surface area contributed by atoms with Gasteiger partial charge in [-0.05, 0) is 41.3 Å². The van der Waals surface area contributed by atoms with Gasteiger partial charge in [0.2, 0.25) is 5.28 Å². The van der Waals surface area contributed by atoms with E-state index in [2.05, 4.69) is 46.4 Å². The van der Waals surface area contributed by atoms with E-state index in [1.165, 1.54) is 11.1 Å². The van der Waals surface area contributed by atoms with Crippen LogP contribution in [0.15, 0.2) is 85.1 Å². The average molecular weight is 333 g/mol. The van der Waals surface area contributed by atoms with Crippen LogP contribution in [0, 0.1) is 6.92 Å². The van der Waals surface area contributed by atoms with Gasteiger partial charge in [-0.15, -0.1) is 0 Å². The minimum absolute atomic E-state index is 0.219. The fourth-order valence-corrected chi connectivity index (χ4v) is 2.59. The molecule has 0 atom stereocenters. The van der Waals surface area contributed by atoms with Gasteiger partial charge in [-0.3, -0.25) is 0 Å². The van der Waals surface area contributed by atoms with E-state index < -0.39 is 0 Å². The molecule has 0 aliphatic carbocycles. The van der Waals surface area contributed by atoms with E-state index in [9.17, 15) is 0 Å². The molecule has 3 rings (SSSR count). The molecule has 24 heavy (non-hydrogen) atoms. The molecule has 0 N–H and O–H groups in total. The van der Waals surface area contributed by atoms with Crippen molar-refractivity contribution in [3.05, 3.63) is 95.9 Å². The number of aryl methyl sites for hydroxylation is 1. The number of halogens is 1. The maximum absolute atomic E-state index is 6.12. The van der Waals surface area contributed by atoms with Crippen LogP contribution in [0.3, 0.4) is 0 Å². The van der Waals surface area contributed by atoms with Crippen molar-refractivity contribution in [3.63, 3.8) is 0 Å². The Bertz CT molecular complexity index is 873. The van der Waals surface area contributed by atoms with Crippen molar-refractivity contribution in [2.75, 3.05) is 0 Å². The summed E-state index contributed by atoms with van der Waals surface area (Å²) in [5.74, 6) is 0. The third-order valence-corrected chi connectivity index (χ3v) is 3.86. The third kappa shape index (κ3) is 3.98. The van der Waals surface area contributed by atoms with Crippen LogP contribution in [-0.4, -0.2) is 9.97 Å². The first kappa shape index (κ1) is 16.2. The van der Waals surface area contributed by atoms with E-state index in [0.29, 0.717) is 0 Å². The maximum atomic E-state index is 6.12. The lowest BCUT2D eigenvalue weighted by molar-refractivity contribution is 1.19. The van der Waals surface area contributed by atoms with Crippen LogP contribution in [0.2, 0.25) is 5.28 Å². The van der Waals surface area contributed by atoms with E-state index in [4.69, 9.17) is 11.6 Å². The highest BCUT2D eigenvalue weighted by molar-refractivity contribution is 6.28. The molecule has 0 radical (unpaired) electrons. The van der Waals surface area contributed by atoms with Crippen LogP contribution < -0.4 is 0 Å². The smallest absolute Gasteiger partial charge is 0.222 e. The topological polar surface area (TPSA) is 25.8 Å². The van der Waals surface area contributed by atoms with Crippen LogP contribution in [0.4, 0.5) is 0 Å². The van der Waals surface area contributed by atoms with Crippen molar-refractivity contribution in [1.29, 1.82) is 0 Å². The lowest BCUT2D eigenvalue weighted by Crippen LogP contribution is -1.87. The van der Waals surface area contributed by atoms with Crippen LogP contribution >= 0.6 is 11.6 Å². The van der Waals surface area contributed by atoms with Gasteiger partial charge in [0.05, 0.1) is 5.69 Å². The molecule has 0 fully saturated rings. The molecule has 1 aromatic heterocycles. The van der Waals surface area contributed by atoms with Gasteiger partial charge in [0.15, 0.2) is 0 Å². The molecule has 0 bridgehead atoms. The van der Waals surface area contributed by atoms with Crippen LogP contribution in [0.25, 0.3) is 22.4 Å². The summed E-state index contributed by atoms with van der Waals surface area (Å²) in [6, 6.07) is 26.3. The molecule has 1 heterocycles. The molecular weight excluding hydrogens is 316 g/mol. The molecule has 0 saturated heterocycles. The first-order chi connectivity index (χ1) is 11.7. The second kappa shape index (κ2) is 7.71. The molecule has 0 spiro atoms. The summed E-state index contributed by atoms with van der Waals surface area (Å²) in [7, 11) is 0. The molecule has 3 aromatic rings. The molecule has 3 heteroatoms. The highest BCUT2D eigenvalue weighted by Crippen LogP contribution is 2.25. The number of aromatic nitrogens is 2. The van der Waals surface area contributed by atoms with Crippen molar-refractivity contribution in [3.8, 4) is 22.4 Å². The fraction of sp³-hybridized carbons (Fsp3) is 0.0476. The first-order valence-electron chi connectivity index (χ1n) is 7.72. The van der Waals surface area contributed by atoms with Gasteiger partial charge in [-0.25, -0.2) is 9.97 Å². The van der Waals surface area contributed by atoms with Gasteiger partial charge in [-0.2, -0.15) is 0 Å². The molecule has 0 unspecified atom stereocenters. The van der Waals surface area contributed by atoms with E-state index in [0.717, 1.165) is 16.8 Å². The normalized spacial score (nSPS) is 10.1. The number of nitrogens with zero attached hydrogens (tertiary/aromatic N) is 2. The lowest BCUT2D eigenvalue weighted by Gasteiger charge is -2.06. The SMILES string of the molecule is Cc1cccccnc(Cl)nc1-c1ccc(-c2ccccc2)cc1. The van der Waals surface area contributed by atoms with E-state index in [-0.39, 0.29) is 5.28 Å². The number of rotatable bonds is 2. The molecule has 0 aliphatic heterocycles. The molecule has 118 valence electrons. The van der Waals surface area contributed by atoms with Crippen LogP contribution in [-0.2, 0) is 0 Å². The second-order valence-electron chi connectivity index (χ2n) is 5.38. The molecule has 2 nitrogen and oxygen atoms in total. The predicted octanol–water partition coefficient (Wildman–Crippen LogP) is 5.90. The minimum atomic E-state index is 0.219. The van der Waals surface area contributed by atoms with Gasteiger partial charge < -0.3 is 0 Å². The predicted molar refractivity (Wildman–Crippen MR) is 100 cm³/mol.